The number of rotatable bonds is 6. The monoisotopic (exact) mass is 503 g/mol. The van der Waals surface area contributed by atoms with E-state index < -0.39 is 27.7 Å². The number of carbonyl (C=O) groups excluding carboxylic acids is 1. The minimum Gasteiger partial charge on any atom is -0.321 e. The average Bonchev–Trinajstić information content (AvgIpc) is 2.85. The molecule has 4 rings (SSSR count). The maximum Gasteiger partial charge on any atom is 0.418 e. The summed E-state index contributed by atoms with van der Waals surface area (Å²) in [4.78, 5) is 14.9. The van der Waals surface area contributed by atoms with Gasteiger partial charge in [0.05, 0.1) is 16.1 Å². The molecule has 184 valence electrons. The Morgan fingerprint density at radius 3 is 2.06 bits per heavy atom. The number of nitrogens with zero attached hydrogens (tertiary/aromatic N) is 2. The molecule has 3 aromatic carbocycles. The molecule has 1 saturated heterocycles. The Kier molecular flexibility index (Phi) is 7.25. The number of halogens is 3. The quantitative estimate of drug-likeness (QED) is 0.539. The Hall–Kier alpha value is -3.21. The van der Waals surface area contributed by atoms with Crippen LogP contribution in [0.15, 0.2) is 83.8 Å². The summed E-state index contributed by atoms with van der Waals surface area (Å²) in [6.07, 6.45) is -4.57. The Balaban J connectivity index is 1.34. The van der Waals surface area contributed by atoms with E-state index in [1.54, 1.807) is 54.6 Å². The molecule has 35 heavy (non-hydrogen) atoms. The highest BCUT2D eigenvalue weighted by Crippen LogP contribution is 2.34. The zero-order chi connectivity index (χ0) is 25.1. The van der Waals surface area contributed by atoms with Gasteiger partial charge in [-0.15, -0.1) is 0 Å². The zero-order valence-corrected chi connectivity index (χ0v) is 19.5. The molecule has 0 bridgehead atoms. The second kappa shape index (κ2) is 10.2. The van der Waals surface area contributed by atoms with Crippen molar-refractivity contribution in [3.8, 4) is 0 Å². The first-order valence-corrected chi connectivity index (χ1v) is 12.4. The minimum atomic E-state index is -4.57. The molecule has 0 aliphatic carbocycles. The van der Waals surface area contributed by atoms with Gasteiger partial charge in [-0.2, -0.15) is 17.5 Å². The predicted molar refractivity (Wildman–Crippen MR) is 126 cm³/mol. The number of alkyl halides is 3. The van der Waals surface area contributed by atoms with Crippen molar-refractivity contribution in [3.63, 3.8) is 0 Å². The Labute approximate surface area is 202 Å². The molecule has 1 N–H and O–H groups in total. The van der Waals surface area contributed by atoms with E-state index in [1.807, 2.05) is 0 Å². The molecule has 10 heteroatoms. The van der Waals surface area contributed by atoms with E-state index in [9.17, 15) is 26.4 Å². The normalized spacial score (nSPS) is 15.6. The van der Waals surface area contributed by atoms with Crippen LogP contribution >= 0.6 is 0 Å². The SMILES string of the molecule is O=C(Nc1ccccc1C(F)(F)F)c1ccc(CN2CCN(S(=O)(=O)c3ccccc3)CC2)cc1. The molecule has 3 aromatic rings. The molecule has 0 unspecified atom stereocenters. The zero-order valence-electron chi connectivity index (χ0n) is 18.7. The summed E-state index contributed by atoms with van der Waals surface area (Å²) in [6, 6.07) is 19.8. The van der Waals surface area contributed by atoms with Crippen LogP contribution in [-0.4, -0.2) is 49.7 Å². The van der Waals surface area contributed by atoms with E-state index in [2.05, 4.69) is 10.2 Å². The van der Waals surface area contributed by atoms with Crippen LogP contribution in [0.1, 0.15) is 21.5 Å². The highest BCUT2D eigenvalue weighted by molar-refractivity contribution is 7.89. The number of hydrogen-bond acceptors (Lipinski definition) is 4. The number of carbonyl (C=O) groups is 1. The highest BCUT2D eigenvalue weighted by atomic mass is 32.2. The molecule has 0 radical (unpaired) electrons. The van der Waals surface area contributed by atoms with Crippen molar-refractivity contribution in [2.75, 3.05) is 31.5 Å². The lowest BCUT2D eigenvalue weighted by Gasteiger charge is -2.34. The van der Waals surface area contributed by atoms with Gasteiger partial charge in [-0.05, 0) is 42.0 Å². The Bertz CT molecular complexity index is 1270. The third-order valence-corrected chi connectivity index (χ3v) is 7.73. The lowest BCUT2D eigenvalue weighted by molar-refractivity contribution is -0.136. The second-order valence-electron chi connectivity index (χ2n) is 8.19. The number of amides is 1. The fraction of sp³-hybridized carbons (Fsp3) is 0.240. The van der Waals surface area contributed by atoms with E-state index in [-0.39, 0.29) is 16.1 Å². The van der Waals surface area contributed by atoms with Gasteiger partial charge in [-0.25, -0.2) is 8.42 Å². The molecule has 0 atom stereocenters. The van der Waals surface area contributed by atoms with Crippen molar-refractivity contribution >= 4 is 21.6 Å². The smallest absolute Gasteiger partial charge is 0.321 e. The van der Waals surface area contributed by atoms with Gasteiger partial charge in [-0.1, -0.05) is 42.5 Å². The van der Waals surface area contributed by atoms with Crippen LogP contribution in [0.2, 0.25) is 0 Å². The first-order valence-electron chi connectivity index (χ1n) is 11.0. The average molecular weight is 504 g/mol. The minimum absolute atomic E-state index is 0.240. The van der Waals surface area contributed by atoms with Gasteiger partial charge in [0.1, 0.15) is 0 Å². The van der Waals surface area contributed by atoms with Gasteiger partial charge in [0.25, 0.3) is 5.91 Å². The lowest BCUT2D eigenvalue weighted by Crippen LogP contribution is -2.48. The van der Waals surface area contributed by atoms with Crippen LogP contribution in [0.5, 0.6) is 0 Å². The third kappa shape index (κ3) is 5.90. The van der Waals surface area contributed by atoms with Crippen molar-refractivity contribution in [3.05, 3.63) is 95.6 Å². The van der Waals surface area contributed by atoms with Crippen molar-refractivity contribution in [1.82, 2.24) is 9.21 Å². The number of piperazine rings is 1. The van der Waals surface area contributed by atoms with Crippen molar-refractivity contribution in [2.24, 2.45) is 0 Å². The molecular formula is C25H24F3N3O3S. The standard InChI is InChI=1S/C25H24F3N3O3S/c26-25(27,28)22-8-4-5-9-23(22)29-24(32)20-12-10-19(11-13-20)18-30-14-16-31(17-15-30)35(33,34)21-6-2-1-3-7-21/h1-13H,14-18H2,(H,29,32). The summed E-state index contributed by atoms with van der Waals surface area (Å²) in [5, 5.41) is 2.33. The Morgan fingerprint density at radius 1 is 0.829 bits per heavy atom. The number of anilines is 1. The fourth-order valence-corrected chi connectivity index (χ4v) is 5.37. The van der Waals surface area contributed by atoms with Crippen LogP contribution in [0.4, 0.5) is 18.9 Å². The maximum absolute atomic E-state index is 13.2. The molecule has 0 saturated carbocycles. The molecule has 0 spiro atoms. The fourth-order valence-electron chi connectivity index (χ4n) is 3.92. The van der Waals surface area contributed by atoms with Crippen LogP contribution in [0.3, 0.4) is 0 Å². The lowest BCUT2D eigenvalue weighted by atomic mass is 10.1. The van der Waals surface area contributed by atoms with E-state index in [1.165, 1.54) is 22.5 Å². The van der Waals surface area contributed by atoms with Crippen molar-refractivity contribution in [2.45, 2.75) is 17.6 Å². The summed E-state index contributed by atoms with van der Waals surface area (Å²) in [5.41, 5.74) is -0.0445. The molecule has 1 aliphatic rings. The molecular weight excluding hydrogens is 479 g/mol. The number of sulfonamides is 1. The molecule has 1 fully saturated rings. The van der Waals surface area contributed by atoms with Gasteiger partial charge >= 0.3 is 6.18 Å². The maximum atomic E-state index is 13.2. The first kappa shape index (κ1) is 24.9. The van der Waals surface area contributed by atoms with Crippen molar-refractivity contribution < 1.29 is 26.4 Å². The number of hydrogen-bond donors (Lipinski definition) is 1. The van der Waals surface area contributed by atoms with Gasteiger partial charge in [0.2, 0.25) is 10.0 Å². The van der Waals surface area contributed by atoms with Gasteiger partial charge in [0.15, 0.2) is 0 Å². The first-order chi connectivity index (χ1) is 16.6. The summed E-state index contributed by atoms with van der Waals surface area (Å²) in [5.74, 6) is -0.631. The van der Waals surface area contributed by atoms with Gasteiger partial charge < -0.3 is 5.32 Å². The van der Waals surface area contributed by atoms with Gasteiger partial charge in [-0.3, -0.25) is 9.69 Å². The summed E-state index contributed by atoms with van der Waals surface area (Å²) < 4.78 is 66.5. The van der Waals surface area contributed by atoms with Gasteiger partial charge in [0, 0.05) is 38.3 Å². The molecule has 1 aliphatic heterocycles. The van der Waals surface area contributed by atoms with E-state index in [0.29, 0.717) is 32.7 Å². The van der Waals surface area contributed by atoms with Crippen molar-refractivity contribution in [1.29, 1.82) is 0 Å². The third-order valence-electron chi connectivity index (χ3n) is 5.82. The summed E-state index contributed by atoms with van der Waals surface area (Å²) in [7, 11) is -3.52. The van der Waals surface area contributed by atoms with Crippen LogP contribution in [-0.2, 0) is 22.7 Å². The Morgan fingerprint density at radius 2 is 1.43 bits per heavy atom. The van der Waals surface area contributed by atoms with E-state index >= 15 is 0 Å². The number of para-hydroxylation sites is 1. The number of nitrogens with one attached hydrogen (secondary N) is 1. The number of benzene rings is 3. The molecule has 1 heterocycles. The molecule has 1 amide bonds. The van der Waals surface area contributed by atoms with Crippen LogP contribution in [0, 0.1) is 0 Å². The second-order valence-corrected chi connectivity index (χ2v) is 10.1. The van der Waals surface area contributed by atoms with E-state index in [4.69, 9.17) is 0 Å². The largest absolute Gasteiger partial charge is 0.418 e. The predicted octanol–water partition coefficient (Wildman–Crippen LogP) is 4.46. The summed E-state index contributed by atoms with van der Waals surface area (Å²) in [6.45, 7) is 2.43. The molecule has 0 aromatic heterocycles. The summed E-state index contributed by atoms with van der Waals surface area (Å²) >= 11 is 0. The van der Waals surface area contributed by atoms with Crippen LogP contribution < -0.4 is 5.32 Å². The highest BCUT2D eigenvalue weighted by Gasteiger charge is 2.33. The topological polar surface area (TPSA) is 69.7 Å². The van der Waals surface area contributed by atoms with E-state index in [0.717, 1.165) is 11.6 Å². The molecule has 6 nitrogen and oxygen atoms in total. The van der Waals surface area contributed by atoms with Crippen LogP contribution in [0.25, 0.3) is 0 Å².